The van der Waals surface area contributed by atoms with Gasteiger partial charge in [-0.05, 0) is 32.0 Å². The molecule has 0 aliphatic rings. The molecule has 0 radical (unpaired) electrons. The van der Waals surface area contributed by atoms with Gasteiger partial charge in [-0.15, -0.1) is 10.2 Å². The monoisotopic (exact) mass is 412 g/mol. The van der Waals surface area contributed by atoms with Crippen LogP contribution in [0.2, 0.25) is 10.0 Å². The molecule has 1 amide bonds. The second-order valence-corrected chi connectivity index (χ2v) is 7.52. The molecule has 136 valence electrons. The standard InChI is InChI=1S/C15H14Cl2N6O2S/c1-7-5-12(22-25-7)19-14(24)8(2)26-15-21-20-13(23(15)18)10-6-9(16)3-4-11(10)17/h3-6,8H,18H2,1-2H3,(H,19,22,24)/t8-/m0/s1. The van der Waals surface area contributed by atoms with Crippen LogP contribution in [0.4, 0.5) is 5.82 Å². The normalized spacial score (nSPS) is 12.2. The Kier molecular flexibility index (Phi) is 5.40. The van der Waals surface area contributed by atoms with E-state index in [1.165, 1.54) is 4.68 Å². The third-order valence-electron chi connectivity index (χ3n) is 3.36. The number of amides is 1. The van der Waals surface area contributed by atoms with Gasteiger partial charge in [0.1, 0.15) is 5.76 Å². The van der Waals surface area contributed by atoms with E-state index < -0.39 is 5.25 Å². The van der Waals surface area contributed by atoms with Crippen LogP contribution in [0.5, 0.6) is 0 Å². The number of anilines is 1. The lowest BCUT2D eigenvalue weighted by Gasteiger charge is -2.10. The molecule has 26 heavy (non-hydrogen) atoms. The molecule has 8 nitrogen and oxygen atoms in total. The van der Waals surface area contributed by atoms with Crippen molar-refractivity contribution < 1.29 is 9.32 Å². The topological polar surface area (TPSA) is 112 Å². The molecule has 2 aromatic heterocycles. The zero-order valence-electron chi connectivity index (χ0n) is 13.7. The van der Waals surface area contributed by atoms with Gasteiger partial charge < -0.3 is 15.7 Å². The van der Waals surface area contributed by atoms with Crippen molar-refractivity contribution in [3.63, 3.8) is 0 Å². The number of aryl methyl sites for hydroxylation is 1. The lowest BCUT2D eigenvalue weighted by molar-refractivity contribution is -0.115. The number of carbonyl (C=O) groups is 1. The summed E-state index contributed by atoms with van der Waals surface area (Å²) in [5, 5.41) is 15.3. The van der Waals surface area contributed by atoms with Gasteiger partial charge in [-0.25, -0.2) is 4.68 Å². The molecule has 0 bridgehead atoms. The summed E-state index contributed by atoms with van der Waals surface area (Å²) >= 11 is 13.3. The van der Waals surface area contributed by atoms with E-state index in [1.54, 1.807) is 38.1 Å². The van der Waals surface area contributed by atoms with E-state index in [0.29, 0.717) is 38.2 Å². The first-order valence-corrected chi connectivity index (χ1v) is 9.05. The fourth-order valence-electron chi connectivity index (χ4n) is 2.07. The maximum Gasteiger partial charge on any atom is 0.238 e. The molecule has 1 atom stereocenters. The Morgan fingerprint density at radius 3 is 2.81 bits per heavy atom. The van der Waals surface area contributed by atoms with Crippen molar-refractivity contribution in [2.75, 3.05) is 11.2 Å². The van der Waals surface area contributed by atoms with Gasteiger partial charge in [-0.3, -0.25) is 4.79 Å². The van der Waals surface area contributed by atoms with E-state index in [1.807, 2.05) is 0 Å². The van der Waals surface area contributed by atoms with E-state index in [4.69, 9.17) is 33.6 Å². The minimum Gasteiger partial charge on any atom is -0.360 e. The maximum atomic E-state index is 12.3. The van der Waals surface area contributed by atoms with Gasteiger partial charge in [0.25, 0.3) is 0 Å². The molecule has 0 saturated heterocycles. The fraction of sp³-hybridized carbons (Fsp3) is 0.200. The van der Waals surface area contributed by atoms with Gasteiger partial charge in [-0.1, -0.05) is 40.1 Å². The van der Waals surface area contributed by atoms with Crippen LogP contribution >= 0.6 is 35.0 Å². The van der Waals surface area contributed by atoms with E-state index in [0.717, 1.165) is 11.8 Å². The molecule has 0 aliphatic carbocycles. The van der Waals surface area contributed by atoms with Gasteiger partial charge in [0.15, 0.2) is 11.6 Å². The molecule has 1 aromatic carbocycles. The molecule has 0 saturated carbocycles. The minimum atomic E-state index is -0.499. The van der Waals surface area contributed by atoms with Crippen molar-refractivity contribution in [2.45, 2.75) is 24.3 Å². The predicted molar refractivity (Wildman–Crippen MR) is 101 cm³/mol. The molecule has 0 spiro atoms. The van der Waals surface area contributed by atoms with Gasteiger partial charge in [0, 0.05) is 16.7 Å². The number of rotatable bonds is 5. The Morgan fingerprint density at radius 1 is 1.35 bits per heavy atom. The van der Waals surface area contributed by atoms with Gasteiger partial charge in [0.05, 0.1) is 10.3 Å². The highest BCUT2D eigenvalue weighted by Gasteiger charge is 2.21. The van der Waals surface area contributed by atoms with Crippen LogP contribution in [0, 0.1) is 6.92 Å². The zero-order valence-corrected chi connectivity index (χ0v) is 16.1. The van der Waals surface area contributed by atoms with Crippen LogP contribution in [0.25, 0.3) is 11.4 Å². The first kappa shape index (κ1) is 18.6. The van der Waals surface area contributed by atoms with Crippen LogP contribution in [-0.2, 0) is 4.79 Å². The number of halogens is 2. The quantitative estimate of drug-likeness (QED) is 0.487. The number of hydrogen-bond donors (Lipinski definition) is 2. The third-order valence-corrected chi connectivity index (χ3v) is 4.99. The minimum absolute atomic E-state index is 0.270. The molecule has 0 fully saturated rings. The van der Waals surface area contributed by atoms with Crippen molar-refractivity contribution in [1.82, 2.24) is 20.0 Å². The number of aromatic nitrogens is 4. The van der Waals surface area contributed by atoms with Crippen molar-refractivity contribution in [1.29, 1.82) is 0 Å². The van der Waals surface area contributed by atoms with Crippen molar-refractivity contribution in [2.24, 2.45) is 0 Å². The first-order valence-electron chi connectivity index (χ1n) is 7.42. The number of carbonyl (C=O) groups excluding carboxylic acids is 1. The van der Waals surface area contributed by atoms with Crippen molar-refractivity contribution in [3.05, 3.63) is 40.1 Å². The Labute approximate surface area is 163 Å². The van der Waals surface area contributed by atoms with E-state index in [2.05, 4.69) is 20.7 Å². The summed E-state index contributed by atoms with van der Waals surface area (Å²) < 4.78 is 6.18. The average Bonchev–Trinajstić information content (AvgIpc) is 3.16. The highest BCUT2D eigenvalue weighted by molar-refractivity contribution is 8.00. The van der Waals surface area contributed by atoms with Gasteiger partial charge in [0.2, 0.25) is 11.1 Å². The van der Waals surface area contributed by atoms with Crippen LogP contribution < -0.4 is 11.2 Å². The smallest absolute Gasteiger partial charge is 0.238 e. The number of thioether (sulfide) groups is 1. The average molecular weight is 413 g/mol. The van der Waals surface area contributed by atoms with Crippen molar-refractivity contribution >= 4 is 46.7 Å². The number of hydrogen-bond acceptors (Lipinski definition) is 7. The lowest BCUT2D eigenvalue weighted by Crippen LogP contribution is -2.23. The summed E-state index contributed by atoms with van der Waals surface area (Å²) in [6.07, 6.45) is 0. The number of benzene rings is 1. The SMILES string of the molecule is Cc1cc(NC(=O)[C@H](C)Sc2nnc(-c3cc(Cl)ccc3Cl)n2N)no1. The van der Waals surface area contributed by atoms with Crippen LogP contribution in [0.1, 0.15) is 12.7 Å². The number of nitrogen functional groups attached to an aromatic ring is 1. The third kappa shape index (κ3) is 3.95. The zero-order chi connectivity index (χ0) is 18.8. The highest BCUT2D eigenvalue weighted by Crippen LogP contribution is 2.31. The summed E-state index contributed by atoms with van der Waals surface area (Å²) in [5.74, 6) is 7.10. The Morgan fingerprint density at radius 2 is 2.12 bits per heavy atom. The van der Waals surface area contributed by atoms with E-state index in [9.17, 15) is 4.79 Å². The predicted octanol–water partition coefficient (Wildman–Crippen LogP) is 3.38. The van der Waals surface area contributed by atoms with Crippen LogP contribution in [0.3, 0.4) is 0 Å². The first-order chi connectivity index (χ1) is 12.3. The Bertz CT molecular complexity index is 958. The summed E-state index contributed by atoms with van der Waals surface area (Å²) in [5.41, 5.74) is 0.552. The largest absolute Gasteiger partial charge is 0.360 e. The molecule has 0 aliphatic heterocycles. The molecule has 2 heterocycles. The number of nitrogens with two attached hydrogens (primary N) is 1. The maximum absolute atomic E-state index is 12.3. The lowest BCUT2D eigenvalue weighted by atomic mass is 10.2. The van der Waals surface area contributed by atoms with Crippen molar-refractivity contribution in [3.8, 4) is 11.4 Å². The van der Waals surface area contributed by atoms with Gasteiger partial charge >= 0.3 is 0 Å². The Hall–Kier alpha value is -2.23. The van der Waals surface area contributed by atoms with Gasteiger partial charge in [-0.2, -0.15) is 0 Å². The number of nitrogens with zero attached hydrogens (tertiary/aromatic N) is 4. The second kappa shape index (κ2) is 7.56. The van der Waals surface area contributed by atoms with E-state index in [-0.39, 0.29) is 5.91 Å². The summed E-state index contributed by atoms with van der Waals surface area (Å²) in [4.78, 5) is 12.3. The molecule has 0 unspecified atom stereocenters. The van der Waals surface area contributed by atoms with Crippen LogP contribution in [-0.4, -0.2) is 31.2 Å². The summed E-state index contributed by atoms with van der Waals surface area (Å²) in [6, 6.07) is 6.59. The highest BCUT2D eigenvalue weighted by atomic mass is 35.5. The molecule has 3 rings (SSSR count). The molecule has 3 aromatic rings. The second-order valence-electron chi connectivity index (χ2n) is 5.37. The molecular formula is C15H14Cl2N6O2S. The molecule has 11 heteroatoms. The molecule has 3 N–H and O–H groups in total. The summed E-state index contributed by atoms with van der Waals surface area (Å²) in [6.45, 7) is 3.45. The Balaban J connectivity index is 1.75. The molecular weight excluding hydrogens is 399 g/mol. The fourth-order valence-corrected chi connectivity index (χ4v) is 3.22. The van der Waals surface area contributed by atoms with Crippen LogP contribution in [0.15, 0.2) is 33.9 Å². The number of nitrogens with one attached hydrogen (secondary N) is 1. The summed E-state index contributed by atoms with van der Waals surface area (Å²) in [7, 11) is 0. The van der Waals surface area contributed by atoms with E-state index >= 15 is 0 Å².